The second-order valence-corrected chi connectivity index (χ2v) is 4.97. The molecule has 2 aromatic rings. The van der Waals surface area contributed by atoms with Gasteiger partial charge in [0.15, 0.2) is 0 Å². The highest BCUT2D eigenvalue weighted by atomic mass is 32.1. The van der Waals surface area contributed by atoms with Crippen molar-refractivity contribution in [2.24, 2.45) is 0 Å². The minimum Gasteiger partial charge on any atom is -0.352 e. The van der Waals surface area contributed by atoms with E-state index in [4.69, 9.17) is 4.52 Å². The molecule has 0 spiro atoms. The van der Waals surface area contributed by atoms with Crippen LogP contribution in [0.4, 0.5) is 0 Å². The third kappa shape index (κ3) is 1.81. The van der Waals surface area contributed by atoms with Crippen LogP contribution in [0.5, 0.6) is 0 Å². The number of hydrogen-bond donors (Lipinski definition) is 2. The SMILES string of the molecule is CNC(=O)c1noc(C2NCCc3sccc32)n1. The van der Waals surface area contributed by atoms with E-state index in [9.17, 15) is 4.79 Å². The van der Waals surface area contributed by atoms with Crippen LogP contribution in [0.2, 0.25) is 0 Å². The number of nitrogens with zero attached hydrogens (tertiary/aromatic N) is 2. The molecule has 0 aliphatic carbocycles. The first-order valence-electron chi connectivity index (χ1n) is 5.65. The van der Waals surface area contributed by atoms with Gasteiger partial charge in [-0.2, -0.15) is 4.98 Å². The zero-order chi connectivity index (χ0) is 12.5. The molecule has 18 heavy (non-hydrogen) atoms. The van der Waals surface area contributed by atoms with Crippen molar-refractivity contribution < 1.29 is 9.32 Å². The van der Waals surface area contributed by atoms with Gasteiger partial charge in [0.2, 0.25) is 5.89 Å². The van der Waals surface area contributed by atoms with Gasteiger partial charge in [-0.15, -0.1) is 11.3 Å². The van der Waals surface area contributed by atoms with Gasteiger partial charge in [-0.05, 0) is 23.4 Å². The number of carbonyl (C=O) groups is 1. The summed E-state index contributed by atoms with van der Waals surface area (Å²) in [4.78, 5) is 16.9. The molecule has 0 saturated heterocycles. The maximum absolute atomic E-state index is 11.4. The van der Waals surface area contributed by atoms with Crippen LogP contribution in [-0.2, 0) is 6.42 Å². The maximum Gasteiger partial charge on any atom is 0.292 e. The van der Waals surface area contributed by atoms with Gasteiger partial charge in [-0.25, -0.2) is 0 Å². The van der Waals surface area contributed by atoms with E-state index in [0.29, 0.717) is 5.89 Å². The summed E-state index contributed by atoms with van der Waals surface area (Å²) in [5, 5.41) is 11.5. The third-order valence-electron chi connectivity index (χ3n) is 2.91. The second kappa shape index (κ2) is 4.51. The molecule has 6 nitrogen and oxygen atoms in total. The summed E-state index contributed by atoms with van der Waals surface area (Å²) < 4.78 is 5.17. The molecule has 1 amide bonds. The lowest BCUT2D eigenvalue weighted by Crippen LogP contribution is -2.29. The van der Waals surface area contributed by atoms with Crippen LogP contribution in [0.1, 0.15) is 33.0 Å². The summed E-state index contributed by atoms with van der Waals surface area (Å²) in [5.74, 6) is 0.163. The summed E-state index contributed by atoms with van der Waals surface area (Å²) >= 11 is 1.73. The summed E-state index contributed by atoms with van der Waals surface area (Å²) in [6.07, 6.45) is 1.01. The number of thiophene rings is 1. The molecule has 0 aromatic carbocycles. The van der Waals surface area contributed by atoms with Crippen molar-refractivity contribution in [1.82, 2.24) is 20.8 Å². The van der Waals surface area contributed by atoms with Crippen LogP contribution in [0, 0.1) is 0 Å². The van der Waals surface area contributed by atoms with Gasteiger partial charge in [-0.1, -0.05) is 5.16 Å². The highest BCUT2D eigenvalue weighted by Crippen LogP contribution is 2.31. The second-order valence-electron chi connectivity index (χ2n) is 3.97. The van der Waals surface area contributed by atoms with Crippen LogP contribution < -0.4 is 10.6 Å². The predicted octanol–water partition coefficient (Wildman–Crippen LogP) is 0.726. The quantitative estimate of drug-likeness (QED) is 0.835. The van der Waals surface area contributed by atoms with Crippen molar-refractivity contribution >= 4 is 17.2 Å². The van der Waals surface area contributed by atoms with Gasteiger partial charge in [0.1, 0.15) is 6.04 Å². The predicted molar refractivity (Wildman–Crippen MR) is 65.6 cm³/mol. The molecule has 7 heteroatoms. The molecular weight excluding hydrogens is 252 g/mol. The van der Waals surface area contributed by atoms with E-state index in [1.165, 1.54) is 17.5 Å². The molecular formula is C11H12N4O2S. The maximum atomic E-state index is 11.4. The smallest absolute Gasteiger partial charge is 0.292 e. The van der Waals surface area contributed by atoms with E-state index in [0.717, 1.165) is 13.0 Å². The first-order chi connectivity index (χ1) is 8.79. The van der Waals surface area contributed by atoms with E-state index in [1.54, 1.807) is 11.3 Å². The Balaban J connectivity index is 1.93. The van der Waals surface area contributed by atoms with Gasteiger partial charge in [0, 0.05) is 18.5 Å². The normalized spacial score (nSPS) is 18.4. The molecule has 94 valence electrons. The molecule has 0 saturated carbocycles. The van der Waals surface area contributed by atoms with E-state index < -0.39 is 0 Å². The van der Waals surface area contributed by atoms with Gasteiger partial charge in [-0.3, -0.25) is 4.79 Å². The van der Waals surface area contributed by atoms with Crippen LogP contribution in [0.3, 0.4) is 0 Å². The Bertz CT molecular complexity index is 577. The zero-order valence-corrected chi connectivity index (χ0v) is 10.6. The van der Waals surface area contributed by atoms with Crippen LogP contribution in [-0.4, -0.2) is 29.6 Å². The number of amides is 1. The topological polar surface area (TPSA) is 80.0 Å². The van der Waals surface area contributed by atoms with Gasteiger partial charge in [0.25, 0.3) is 11.7 Å². The van der Waals surface area contributed by atoms with Crippen molar-refractivity contribution in [2.75, 3.05) is 13.6 Å². The molecule has 3 heterocycles. The first kappa shape index (κ1) is 11.4. The van der Waals surface area contributed by atoms with Crippen LogP contribution >= 0.6 is 11.3 Å². The standard InChI is InChI=1S/C11H12N4O2S/c1-12-10(16)9-14-11(17-15-9)8-6-3-5-18-7(6)2-4-13-8/h3,5,8,13H,2,4H2,1H3,(H,12,16). The van der Waals surface area contributed by atoms with Crippen LogP contribution in [0.25, 0.3) is 0 Å². The van der Waals surface area contributed by atoms with Crippen molar-refractivity contribution in [3.63, 3.8) is 0 Å². The number of fused-ring (bicyclic) bond motifs is 1. The van der Waals surface area contributed by atoms with E-state index in [1.807, 2.05) is 0 Å². The number of carbonyl (C=O) groups excluding carboxylic acids is 1. The first-order valence-corrected chi connectivity index (χ1v) is 6.53. The average molecular weight is 264 g/mol. The van der Waals surface area contributed by atoms with Crippen molar-refractivity contribution in [3.8, 4) is 0 Å². The lowest BCUT2D eigenvalue weighted by atomic mass is 10.0. The fourth-order valence-corrected chi connectivity index (χ4v) is 2.95. The monoisotopic (exact) mass is 264 g/mol. The molecule has 0 fully saturated rings. The summed E-state index contributed by atoms with van der Waals surface area (Å²) in [7, 11) is 1.54. The summed E-state index contributed by atoms with van der Waals surface area (Å²) in [6.45, 7) is 0.871. The molecule has 3 rings (SSSR count). The molecule has 1 atom stereocenters. The molecule has 1 aliphatic rings. The van der Waals surface area contributed by atoms with Gasteiger partial charge in [0.05, 0.1) is 0 Å². The van der Waals surface area contributed by atoms with Crippen LogP contribution in [0.15, 0.2) is 16.0 Å². The number of rotatable bonds is 2. The summed E-state index contributed by atoms with van der Waals surface area (Å²) in [5.41, 5.74) is 1.17. The Kier molecular flexibility index (Phi) is 2.85. The minimum absolute atomic E-state index is 0.0663. The number of aromatic nitrogens is 2. The molecule has 1 unspecified atom stereocenters. The Morgan fingerprint density at radius 1 is 1.67 bits per heavy atom. The fraction of sp³-hybridized carbons (Fsp3) is 0.364. The van der Waals surface area contributed by atoms with Gasteiger partial charge < -0.3 is 15.2 Å². The molecule has 2 N–H and O–H groups in total. The zero-order valence-electron chi connectivity index (χ0n) is 9.77. The molecule has 1 aliphatic heterocycles. The summed E-state index contributed by atoms with van der Waals surface area (Å²) in [6, 6.07) is 1.95. The Morgan fingerprint density at radius 3 is 3.39 bits per heavy atom. The third-order valence-corrected chi connectivity index (χ3v) is 3.91. The lowest BCUT2D eigenvalue weighted by Gasteiger charge is -2.20. The van der Waals surface area contributed by atoms with Crippen molar-refractivity contribution in [2.45, 2.75) is 12.5 Å². The Hall–Kier alpha value is -1.73. The Morgan fingerprint density at radius 2 is 2.56 bits per heavy atom. The molecule has 0 radical (unpaired) electrons. The van der Waals surface area contributed by atoms with E-state index in [-0.39, 0.29) is 17.8 Å². The highest BCUT2D eigenvalue weighted by molar-refractivity contribution is 7.10. The number of nitrogens with one attached hydrogen (secondary N) is 2. The lowest BCUT2D eigenvalue weighted by molar-refractivity contribution is 0.0950. The van der Waals surface area contributed by atoms with E-state index in [2.05, 4.69) is 32.2 Å². The van der Waals surface area contributed by atoms with E-state index >= 15 is 0 Å². The molecule has 0 bridgehead atoms. The highest BCUT2D eigenvalue weighted by Gasteiger charge is 2.27. The average Bonchev–Trinajstić information content (AvgIpc) is 3.05. The Labute approximate surface area is 107 Å². The number of hydrogen-bond acceptors (Lipinski definition) is 6. The van der Waals surface area contributed by atoms with Gasteiger partial charge >= 0.3 is 0 Å². The van der Waals surface area contributed by atoms with Crippen molar-refractivity contribution in [3.05, 3.63) is 33.6 Å². The fourth-order valence-electron chi connectivity index (χ4n) is 2.03. The molecule has 2 aromatic heterocycles. The largest absolute Gasteiger partial charge is 0.352 e. The van der Waals surface area contributed by atoms with Crippen molar-refractivity contribution in [1.29, 1.82) is 0 Å². The minimum atomic E-state index is -0.341.